The van der Waals surface area contributed by atoms with Gasteiger partial charge in [-0.05, 0) is 99.3 Å². The lowest BCUT2D eigenvalue weighted by Gasteiger charge is -2.57. The zero-order valence-electron chi connectivity index (χ0n) is 18.7. The van der Waals surface area contributed by atoms with E-state index in [1.54, 1.807) is 0 Å². The number of nitrogens with one attached hydrogen (secondary N) is 2. The van der Waals surface area contributed by atoms with E-state index in [0.29, 0.717) is 30.2 Å². The Bertz CT molecular complexity index is 1000. The van der Waals surface area contributed by atoms with Gasteiger partial charge in [-0.3, -0.25) is 4.79 Å². The zero-order chi connectivity index (χ0) is 20.7. The molecule has 2 N–H and O–H groups in total. The van der Waals surface area contributed by atoms with E-state index >= 15 is 0 Å². The minimum absolute atomic E-state index is 0.144. The second-order valence-electron chi connectivity index (χ2n) is 12.0. The second-order valence-corrected chi connectivity index (χ2v) is 12.0. The Morgan fingerprint density at radius 3 is 2.61 bits per heavy atom. The van der Waals surface area contributed by atoms with Gasteiger partial charge in [0.25, 0.3) is 0 Å². The maximum Gasteiger partial charge on any atom is 0.220 e. The Morgan fingerprint density at radius 1 is 1.13 bits per heavy atom. The molecule has 164 valence electrons. The van der Waals surface area contributed by atoms with Crippen LogP contribution in [0.4, 0.5) is 0 Å². The summed E-state index contributed by atoms with van der Waals surface area (Å²) in [6.07, 6.45) is 13.2. The van der Waals surface area contributed by atoms with Gasteiger partial charge in [-0.2, -0.15) is 0 Å². The molecule has 3 atom stereocenters. The van der Waals surface area contributed by atoms with Crippen LogP contribution in [0.3, 0.4) is 0 Å². The van der Waals surface area contributed by atoms with Gasteiger partial charge in [-0.1, -0.05) is 12.1 Å². The van der Waals surface area contributed by atoms with Crippen molar-refractivity contribution in [2.75, 3.05) is 13.6 Å². The molecule has 1 aromatic carbocycles. The highest BCUT2D eigenvalue weighted by Gasteiger charge is 2.51. The SMILES string of the molecule is CN1C[C@H](CC(=O)NC23CC4CC(CC(C4)C2)C3)CC2c3cccc4[nH]cc(c34)C[C@H]21. The van der Waals surface area contributed by atoms with Gasteiger partial charge < -0.3 is 15.2 Å². The molecule has 4 saturated carbocycles. The third-order valence-electron chi connectivity index (χ3n) is 9.73. The van der Waals surface area contributed by atoms with E-state index in [1.807, 2.05) is 0 Å². The smallest absolute Gasteiger partial charge is 0.220 e. The average molecular weight is 418 g/mol. The fourth-order valence-corrected chi connectivity index (χ4v) is 9.07. The summed E-state index contributed by atoms with van der Waals surface area (Å²) in [5.41, 5.74) is 4.39. The Balaban J connectivity index is 1.09. The van der Waals surface area contributed by atoms with Crippen LogP contribution in [0.1, 0.15) is 68.4 Å². The monoisotopic (exact) mass is 417 g/mol. The van der Waals surface area contributed by atoms with Crippen LogP contribution in [0.2, 0.25) is 0 Å². The first kappa shape index (κ1) is 18.7. The van der Waals surface area contributed by atoms with Crippen LogP contribution in [0.25, 0.3) is 10.9 Å². The van der Waals surface area contributed by atoms with Crippen molar-refractivity contribution < 1.29 is 4.79 Å². The molecule has 1 aromatic heterocycles. The molecule has 5 fully saturated rings. The number of piperidine rings is 1. The molecule has 4 heteroatoms. The van der Waals surface area contributed by atoms with Crippen LogP contribution >= 0.6 is 0 Å². The number of likely N-dealkylation sites (tertiary alicyclic amines) is 1. The molecule has 1 saturated heterocycles. The summed E-state index contributed by atoms with van der Waals surface area (Å²) in [5, 5.41) is 5.08. The quantitative estimate of drug-likeness (QED) is 0.767. The fraction of sp³-hybridized carbons (Fsp3) is 0.667. The lowest BCUT2D eigenvalue weighted by Crippen LogP contribution is -2.60. The normalized spacial score (nSPS) is 40.8. The van der Waals surface area contributed by atoms with Crippen molar-refractivity contribution in [3.8, 4) is 0 Å². The molecule has 1 amide bonds. The number of H-pyrrole nitrogens is 1. The summed E-state index contributed by atoms with van der Waals surface area (Å²) in [6.45, 7) is 1.05. The van der Waals surface area contributed by atoms with Gasteiger partial charge in [0.2, 0.25) is 5.91 Å². The van der Waals surface area contributed by atoms with E-state index in [2.05, 4.69) is 46.6 Å². The average Bonchev–Trinajstić information content (AvgIpc) is 3.12. The Labute approximate surface area is 185 Å². The molecule has 0 spiro atoms. The van der Waals surface area contributed by atoms with E-state index in [9.17, 15) is 4.79 Å². The highest BCUT2D eigenvalue weighted by molar-refractivity contribution is 5.88. The van der Waals surface area contributed by atoms with E-state index in [4.69, 9.17) is 0 Å². The highest BCUT2D eigenvalue weighted by Crippen LogP contribution is 2.55. The summed E-state index contributed by atoms with van der Waals surface area (Å²) in [7, 11) is 2.28. The standard InChI is InChI=1S/C27H35N3O/c1-30-15-19(8-22-21-3-2-4-23-26(21)20(14-28-23)10-24(22)30)9-25(31)29-27-11-16-5-17(12-27)7-18(6-16)13-27/h2-4,14,16-19,22,24,28H,5-13,15H2,1H3,(H,29,31)/t16?,17?,18?,19-,22?,24+,27?/m0/s1. The van der Waals surface area contributed by atoms with Crippen LogP contribution in [0.15, 0.2) is 24.4 Å². The lowest BCUT2D eigenvalue weighted by molar-refractivity contribution is -0.128. The number of carbonyl (C=O) groups excluding carboxylic acids is 1. The van der Waals surface area contributed by atoms with Crippen molar-refractivity contribution in [3.63, 3.8) is 0 Å². The first-order chi connectivity index (χ1) is 15.1. The second kappa shape index (κ2) is 6.60. The minimum atomic E-state index is 0.144. The van der Waals surface area contributed by atoms with Gasteiger partial charge in [0.15, 0.2) is 0 Å². The fourth-order valence-electron chi connectivity index (χ4n) is 9.07. The van der Waals surface area contributed by atoms with Crippen molar-refractivity contribution >= 4 is 16.8 Å². The molecule has 1 unspecified atom stereocenters. The summed E-state index contributed by atoms with van der Waals surface area (Å²) in [4.78, 5) is 19.3. The number of fused-ring (bicyclic) bond motifs is 2. The number of carbonyl (C=O) groups is 1. The Morgan fingerprint density at radius 2 is 1.87 bits per heavy atom. The maximum absolute atomic E-state index is 13.3. The van der Waals surface area contributed by atoms with Gasteiger partial charge >= 0.3 is 0 Å². The van der Waals surface area contributed by atoms with Crippen LogP contribution in [-0.2, 0) is 11.2 Å². The number of hydrogen-bond acceptors (Lipinski definition) is 2. The number of likely N-dealkylation sites (N-methyl/N-ethyl adjacent to an activating group) is 1. The molecular weight excluding hydrogens is 382 g/mol. The molecule has 2 heterocycles. The van der Waals surface area contributed by atoms with Crippen molar-refractivity contribution in [1.82, 2.24) is 15.2 Å². The molecule has 2 aromatic rings. The summed E-state index contributed by atoms with van der Waals surface area (Å²) < 4.78 is 0. The van der Waals surface area contributed by atoms with Gasteiger partial charge in [0, 0.05) is 47.6 Å². The number of nitrogens with zero attached hydrogens (tertiary/aromatic N) is 1. The van der Waals surface area contributed by atoms with Crippen molar-refractivity contribution in [2.24, 2.45) is 23.7 Å². The zero-order valence-corrected chi connectivity index (χ0v) is 18.7. The number of benzene rings is 1. The van der Waals surface area contributed by atoms with Gasteiger partial charge in [-0.25, -0.2) is 0 Å². The van der Waals surface area contributed by atoms with Crippen LogP contribution in [0.5, 0.6) is 0 Å². The number of aromatic nitrogens is 1. The molecule has 0 radical (unpaired) electrons. The molecule has 4 nitrogen and oxygen atoms in total. The van der Waals surface area contributed by atoms with Gasteiger partial charge in [-0.15, -0.1) is 0 Å². The summed E-state index contributed by atoms with van der Waals surface area (Å²) in [5.74, 6) is 3.97. The molecule has 8 rings (SSSR count). The van der Waals surface area contributed by atoms with Crippen LogP contribution < -0.4 is 5.32 Å². The van der Waals surface area contributed by atoms with Crippen molar-refractivity contribution in [1.29, 1.82) is 0 Å². The predicted molar refractivity (Wildman–Crippen MR) is 123 cm³/mol. The number of rotatable bonds is 3. The maximum atomic E-state index is 13.3. The summed E-state index contributed by atoms with van der Waals surface area (Å²) >= 11 is 0. The topological polar surface area (TPSA) is 48.1 Å². The van der Waals surface area contributed by atoms with Crippen molar-refractivity contribution in [2.45, 2.75) is 75.3 Å². The third kappa shape index (κ3) is 2.93. The summed E-state index contributed by atoms with van der Waals surface area (Å²) in [6, 6.07) is 7.30. The van der Waals surface area contributed by atoms with Crippen LogP contribution in [-0.4, -0.2) is 41.0 Å². The Kier molecular flexibility index (Phi) is 3.99. The Hall–Kier alpha value is -1.81. The minimum Gasteiger partial charge on any atom is -0.361 e. The number of amides is 1. The molecule has 1 aliphatic heterocycles. The number of hydrogen-bond donors (Lipinski definition) is 2. The molecule has 4 bridgehead atoms. The molecular formula is C27H35N3O. The highest BCUT2D eigenvalue weighted by atomic mass is 16.1. The third-order valence-corrected chi connectivity index (χ3v) is 9.73. The van der Waals surface area contributed by atoms with E-state index in [1.165, 1.54) is 60.6 Å². The van der Waals surface area contributed by atoms with Gasteiger partial charge in [0.1, 0.15) is 0 Å². The van der Waals surface area contributed by atoms with Crippen molar-refractivity contribution in [3.05, 3.63) is 35.5 Å². The van der Waals surface area contributed by atoms with E-state index in [0.717, 1.165) is 37.1 Å². The van der Waals surface area contributed by atoms with E-state index < -0.39 is 0 Å². The first-order valence-electron chi connectivity index (χ1n) is 12.7. The van der Waals surface area contributed by atoms with Gasteiger partial charge in [0.05, 0.1) is 0 Å². The molecule has 5 aliphatic carbocycles. The first-order valence-corrected chi connectivity index (χ1v) is 12.7. The molecule has 6 aliphatic rings. The predicted octanol–water partition coefficient (Wildman–Crippen LogP) is 4.60. The number of aromatic amines is 1. The molecule has 31 heavy (non-hydrogen) atoms. The largest absolute Gasteiger partial charge is 0.361 e. The lowest BCUT2D eigenvalue weighted by atomic mass is 9.53. The van der Waals surface area contributed by atoms with Crippen LogP contribution in [0, 0.1) is 23.7 Å². The van der Waals surface area contributed by atoms with E-state index in [-0.39, 0.29) is 5.54 Å².